The van der Waals surface area contributed by atoms with Crippen LogP contribution in [-0.2, 0) is 4.79 Å². The van der Waals surface area contributed by atoms with E-state index < -0.39 is 0 Å². The van der Waals surface area contributed by atoms with E-state index in [4.69, 9.17) is 0 Å². The summed E-state index contributed by atoms with van der Waals surface area (Å²) in [4.78, 5) is 10.2. The molecule has 0 spiro atoms. The van der Waals surface area contributed by atoms with Gasteiger partial charge in [0.1, 0.15) is 6.29 Å². The molecule has 0 aromatic rings. The van der Waals surface area contributed by atoms with Gasteiger partial charge >= 0.3 is 0 Å². The third-order valence-electron chi connectivity index (χ3n) is 2.49. The van der Waals surface area contributed by atoms with Gasteiger partial charge in [-0.2, -0.15) is 0 Å². The molecule has 0 saturated carbocycles. The number of rotatable bonds is 5. The fraction of sp³-hybridized carbons (Fsp3) is 0.909. The molecule has 0 aliphatic rings. The first-order chi connectivity index (χ1) is 5.52. The molecule has 0 heterocycles. The lowest BCUT2D eigenvalue weighted by molar-refractivity contribution is -0.108. The van der Waals surface area contributed by atoms with E-state index in [0.717, 1.165) is 19.1 Å². The van der Waals surface area contributed by atoms with E-state index in [-0.39, 0.29) is 0 Å². The van der Waals surface area contributed by atoms with Crippen molar-refractivity contribution in [2.45, 2.75) is 53.4 Å². The Hall–Kier alpha value is -0.330. The predicted molar refractivity (Wildman–Crippen MR) is 53.2 cm³/mol. The van der Waals surface area contributed by atoms with Gasteiger partial charge in [0.15, 0.2) is 0 Å². The van der Waals surface area contributed by atoms with Gasteiger partial charge in [0.2, 0.25) is 0 Å². The van der Waals surface area contributed by atoms with Crippen molar-refractivity contribution >= 4 is 6.29 Å². The Morgan fingerprint density at radius 1 is 1.25 bits per heavy atom. The van der Waals surface area contributed by atoms with Gasteiger partial charge < -0.3 is 4.79 Å². The molecule has 0 radical (unpaired) electrons. The van der Waals surface area contributed by atoms with Crippen LogP contribution >= 0.6 is 0 Å². The van der Waals surface area contributed by atoms with Gasteiger partial charge in [0.25, 0.3) is 0 Å². The highest BCUT2D eigenvalue weighted by molar-refractivity contribution is 5.49. The molecule has 1 heteroatoms. The van der Waals surface area contributed by atoms with Gasteiger partial charge in [0.05, 0.1) is 0 Å². The molecule has 0 bridgehead atoms. The fourth-order valence-electron chi connectivity index (χ4n) is 1.63. The summed E-state index contributed by atoms with van der Waals surface area (Å²) < 4.78 is 0. The lowest BCUT2D eigenvalue weighted by Gasteiger charge is -2.30. The second-order valence-corrected chi connectivity index (χ2v) is 4.60. The second-order valence-electron chi connectivity index (χ2n) is 4.60. The molecule has 1 unspecified atom stereocenters. The highest BCUT2D eigenvalue weighted by atomic mass is 16.1. The summed E-state index contributed by atoms with van der Waals surface area (Å²) in [5.41, 5.74) is 0.360. The highest BCUT2D eigenvalue weighted by Crippen LogP contribution is 2.32. The van der Waals surface area contributed by atoms with E-state index in [1.165, 1.54) is 12.8 Å². The molecular weight excluding hydrogens is 148 g/mol. The van der Waals surface area contributed by atoms with E-state index in [0.29, 0.717) is 11.3 Å². The quantitative estimate of drug-likeness (QED) is 0.578. The summed E-state index contributed by atoms with van der Waals surface area (Å²) >= 11 is 0. The van der Waals surface area contributed by atoms with Crippen molar-refractivity contribution in [3.05, 3.63) is 0 Å². The molecule has 0 N–H and O–H groups in total. The summed E-state index contributed by atoms with van der Waals surface area (Å²) in [5, 5.41) is 0. The number of hydrogen-bond acceptors (Lipinski definition) is 1. The van der Waals surface area contributed by atoms with E-state index in [1.54, 1.807) is 0 Å². The van der Waals surface area contributed by atoms with Gasteiger partial charge in [-0.15, -0.1) is 0 Å². The number of hydrogen-bond donors (Lipinski definition) is 0. The summed E-state index contributed by atoms with van der Waals surface area (Å²) in [5.74, 6) is 0.702. The zero-order valence-corrected chi connectivity index (χ0v) is 8.89. The van der Waals surface area contributed by atoms with Crippen LogP contribution in [-0.4, -0.2) is 6.29 Å². The van der Waals surface area contributed by atoms with Gasteiger partial charge in [-0.1, -0.05) is 40.5 Å². The molecule has 1 nitrogen and oxygen atoms in total. The van der Waals surface area contributed by atoms with E-state index >= 15 is 0 Å². The largest absolute Gasteiger partial charge is 0.303 e. The smallest absolute Gasteiger partial charge is 0.120 e. The van der Waals surface area contributed by atoms with E-state index in [9.17, 15) is 4.79 Å². The average Bonchev–Trinajstić information content (AvgIpc) is 1.95. The number of carbonyl (C=O) groups excluding carboxylic acids is 1. The van der Waals surface area contributed by atoms with Crippen LogP contribution in [0.3, 0.4) is 0 Å². The molecule has 0 aliphatic heterocycles. The van der Waals surface area contributed by atoms with Crippen LogP contribution < -0.4 is 0 Å². The van der Waals surface area contributed by atoms with Crippen LogP contribution in [0.5, 0.6) is 0 Å². The molecule has 72 valence electrons. The maximum absolute atomic E-state index is 10.2. The Labute approximate surface area is 76.6 Å². The van der Waals surface area contributed by atoms with Gasteiger partial charge in [0, 0.05) is 6.42 Å². The van der Waals surface area contributed by atoms with Crippen molar-refractivity contribution in [3.63, 3.8) is 0 Å². The maximum atomic E-state index is 10.2. The third-order valence-corrected chi connectivity index (χ3v) is 2.49. The zero-order valence-electron chi connectivity index (χ0n) is 8.89. The maximum Gasteiger partial charge on any atom is 0.120 e. The lowest BCUT2D eigenvalue weighted by atomic mass is 9.76. The van der Waals surface area contributed by atoms with Crippen molar-refractivity contribution < 1.29 is 4.79 Å². The molecular formula is C11H22O. The van der Waals surface area contributed by atoms with E-state index in [1.807, 2.05) is 0 Å². The van der Waals surface area contributed by atoms with Gasteiger partial charge in [-0.05, 0) is 17.8 Å². The van der Waals surface area contributed by atoms with Crippen LogP contribution in [0.4, 0.5) is 0 Å². The zero-order chi connectivity index (χ0) is 9.61. The van der Waals surface area contributed by atoms with E-state index in [2.05, 4.69) is 27.7 Å². The lowest BCUT2D eigenvalue weighted by Crippen LogP contribution is -2.20. The van der Waals surface area contributed by atoms with Crippen LogP contribution in [0.25, 0.3) is 0 Å². The van der Waals surface area contributed by atoms with Crippen molar-refractivity contribution in [2.75, 3.05) is 0 Å². The second kappa shape index (κ2) is 5.34. The normalized spacial score (nSPS) is 14.3. The van der Waals surface area contributed by atoms with Crippen molar-refractivity contribution in [3.8, 4) is 0 Å². The molecule has 0 amide bonds. The fourth-order valence-corrected chi connectivity index (χ4v) is 1.63. The van der Waals surface area contributed by atoms with Crippen LogP contribution in [0.15, 0.2) is 0 Å². The summed E-state index contributed by atoms with van der Waals surface area (Å²) in [6.07, 6.45) is 5.29. The topological polar surface area (TPSA) is 17.1 Å². The monoisotopic (exact) mass is 170 g/mol. The Kier molecular flexibility index (Phi) is 5.19. The minimum Gasteiger partial charge on any atom is -0.303 e. The molecule has 1 atom stereocenters. The summed E-state index contributed by atoms with van der Waals surface area (Å²) in [7, 11) is 0. The number of aldehydes is 1. The Balaban J connectivity index is 3.94. The van der Waals surface area contributed by atoms with Crippen LogP contribution in [0, 0.1) is 11.3 Å². The van der Waals surface area contributed by atoms with Crippen LogP contribution in [0.2, 0.25) is 0 Å². The van der Waals surface area contributed by atoms with Gasteiger partial charge in [-0.25, -0.2) is 0 Å². The molecule has 0 rings (SSSR count). The third kappa shape index (κ3) is 4.53. The molecule has 0 saturated heterocycles. The first kappa shape index (κ1) is 11.7. The first-order valence-corrected chi connectivity index (χ1v) is 4.96. The van der Waals surface area contributed by atoms with Gasteiger partial charge in [-0.3, -0.25) is 0 Å². The molecule has 0 aromatic heterocycles. The standard InChI is InChI=1S/C11H22O/c1-5-7-10(8-6-9-12)11(2,3)4/h9-10H,5-8H2,1-4H3. The Bertz CT molecular complexity index is 121. The average molecular weight is 170 g/mol. The minimum atomic E-state index is 0.360. The van der Waals surface area contributed by atoms with Crippen molar-refractivity contribution in [1.82, 2.24) is 0 Å². The predicted octanol–water partition coefficient (Wildman–Crippen LogP) is 3.43. The number of carbonyl (C=O) groups is 1. The minimum absolute atomic E-state index is 0.360. The van der Waals surface area contributed by atoms with Crippen molar-refractivity contribution in [2.24, 2.45) is 11.3 Å². The first-order valence-electron chi connectivity index (χ1n) is 4.96. The molecule has 0 aromatic carbocycles. The Morgan fingerprint density at radius 2 is 1.83 bits per heavy atom. The molecule has 0 aliphatic carbocycles. The summed E-state index contributed by atoms with van der Waals surface area (Å²) in [6.45, 7) is 8.99. The van der Waals surface area contributed by atoms with Crippen molar-refractivity contribution in [1.29, 1.82) is 0 Å². The highest BCUT2D eigenvalue weighted by Gasteiger charge is 2.22. The SMILES string of the molecule is CCCC(CCC=O)C(C)(C)C. The summed E-state index contributed by atoms with van der Waals surface area (Å²) in [6, 6.07) is 0. The molecule has 12 heavy (non-hydrogen) atoms. The Morgan fingerprint density at radius 3 is 2.17 bits per heavy atom. The molecule has 0 fully saturated rings. The van der Waals surface area contributed by atoms with Crippen LogP contribution in [0.1, 0.15) is 53.4 Å².